The molecule has 4 heteroatoms. The Bertz CT molecular complexity index is 486. The van der Waals surface area contributed by atoms with Crippen molar-refractivity contribution in [2.45, 2.75) is 52.4 Å². The summed E-state index contributed by atoms with van der Waals surface area (Å²) in [5.41, 5.74) is 1.10. The van der Waals surface area contributed by atoms with E-state index in [-0.39, 0.29) is 24.2 Å². The van der Waals surface area contributed by atoms with Crippen LogP contribution in [0.15, 0.2) is 24.3 Å². The molecule has 1 fully saturated rings. The first kappa shape index (κ1) is 15.8. The molecule has 0 aromatic heterocycles. The summed E-state index contributed by atoms with van der Waals surface area (Å²) in [6.07, 6.45) is 1.01. The highest BCUT2D eigenvalue weighted by Gasteiger charge is 2.40. The number of carbonyl (C=O) groups excluding carboxylic acids is 1. The zero-order chi connectivity index (χ0) is 15.6. The Hall–Kier alpha value is -1.55. The summed E-state index contributed by atoms with van der Waals surface area (Å²) in [7, 11) is 1.66. The van der Waals surface area contributed by atoms with Gasteiger partial charge in [-0.05, 0) is 37.5 Å². The average Bonchev–Trinajstić information content (AvgIpc) is 2.81. The number of hydrogen-bond acceptors (Lipinski definition) is 3. The third kappa shape index (κ3) is 3.05. The number of nitrogens with zero attached hydrogens (tertiary/aromatic N) is 1. The Balaban J connectivity index is 2.28. The summed E-state index contributed by atoms with van der Waals surface area (Å²) in [4.78, 5) is 14.5. The summed E-state index contributed by atoms with van der Waals surface area (Å²) >= 11 is 0. The zero-order valence-corrected chi connectivity index (χ0v) is 13.6. The maximum atomic E-state index is 12.5. The molecule has 4 atom stereocenters. The third-order valence-corrected chi connectivity index (χ3v) is 4.65. The van der Waals surface area contributed by atoms with Crippen LogP contribution in [0, 0.1) is 5.92 Å². The third-order valence-electron chi connectivity index (χ3n) is 4.65. The van der Waals surface area contributed by atoms with E-state index in [1.165, 1.54) is 0 Å². The maximum Gasteiger partial charge on any atom is 0.241 e. The summed E-state index contributed by atoms with van der Waals surface area (Å²) in [5, 5.41) is 3.40. The van der Waals surface area contributed by atoms with Gasteiger partial charge in [0.1, 0.15) is 11.9 Å². The standard InChI is InChI=1S/C17H26N2O2/c1-6-11(2)13(4)19-16(18-12(3)17(19)20)14-7-9-15(21-5)10-8-14/h7-13,16,18H,6H2,1-5H3. The summed E-state index contributed by atoms with van der Waals surface area (Å²) in [6.45, 7) is 8.44. The van der Waals surface area contributed by atoms with Crippen molar-refractivity contribution in [3.8, 4) is 5.75 Å². The van der Waals surface area contributed by atoms with Crippen LogP contribution in [-0.2, 0) is 4.79 Å². The molecular formula is C17H26N2O2. The van der Waals surface area contributed by atoms with Gasteiger partial charge in [-0.3, -0.25) is 10.1 Å². The second kappa shape index (κ2) is 6.48. The first-order valence-electron chi connectivity index (χ1n) is 7.71. The van der Waals surface area contributed by atoms with Gasteiger partial charge in [-0.25, -0.2) is 0 Å². The molecule has 4 nitrogen and oxygen atoms in total. The Morgan fingerprint density at radius 2 is 1.90 bits per heavy atom. The summed E-state index contributed by atoms with van der Waals surface area (Å²) in [5.74, 6) is 1.49. The molecule has 0 bridgehead atoms. The minimum absolute atomic E-state index is 0.0533. The highest BCUT2D eigenvalue weighted by atomic mass is 16.5. The van der Waals surface area contributed by atoms with Gasteiger partial charge in [0, 0.05) is 6.04 Å². The highest BCUT2D eigenvalue weighted by molar-refractivity contribution is 5.84. The predicted octanol–water partition coefficient (Wildman–Crippen LogP) is 2.95. The fraction of sp³-hybridized carbons (Fsp3) is 0.588. The molecule has 2 rings (SSSR count). The van der Waals surface area contributed by atoms with Crippen molar-refractivity contribution in [1.29, 1.82) is 0 Å². The Kier molecular flexibility index (Phi) is 4.88. The first-order chi connectivity index (χ1) is 9.99. The van der Waals surface area contributed by atoms with Gasteiger partial charge in [0.15, 0.2) is 0 Å². The number of amides is 1. The molecule has 0 radical (unpaired) electrons. The van der Waals surface area contributed by atoms with Gasteiger partial charge < -0.3 is 9.64 Å². The molecule has 116 valence electrons. The second-order valence-corrected chi connectivity index (χ2v) is 5.94. The molecule has 4 unspecified atom stereocenters. The molecule has 21 heavy (non-hydrogen) atoms. The van der Waals surface area contributed by atoms with Crippen molar-refractivity contribution in [2.75, 3.05) is 7.11 Å². The van der Waals surface area contributed by atoms with E-state index in [0.717, 1.165) is 17.7 Å². The van der Waals surface area contributed by atoms with E-state index < -0.39 is 0 Å². The van der Waals surface area contributed by atoms with Crippen LogP contribution in [0.4, 0.5) is 0 Å². The largest absolute Gasteiger partial charge is 0.497 e. The Labute approximate surface area is 127 Å². The van der Waals surface area contributed by atoms with Crippen LogP contribution in [0.2, 0.25) is 0 Å². The quantitative estimate of drug-likeness (QED) is 0.906. The van der Waals surface area contributed by atoms with E-state index in [4.69, 9.17) is 4.74 Å². The van der Waals surface area contributed by atoms with Crippen molar-refractivity contribution in [1.82, 2.24) is 10.2 Å². The Morgan fingerprint density at radius 1 is 1.29 bits per heavy atom. The maximum absolute atomic E-state index is 12.5. The van der Waals surface area contributed by atoms with Gasteiger partial charge in [0.05, 0.1) is 13.2 Å². The lowest BCUT2D eigenvalue weighted by Crippen LogP contribution is -2.41. The minimum Gasteiger partial charge on any atom is -0.497 e. The fourth-order valence-corrected chi connectivity index (χ4v) is 2.83. The van der Waals surface area contributed by atoms with Gasteiger partial charge in [-0.1, -0.05) is 32.4 Å². The normalized spacial score (nSPS) is 25.0. The molecule has 0 saturated carbocycles. The molecule has 0 spiro atoms. The van der Waals surface area contributed by atoms with Crippen LogP contribution in [0.5, 0.6) is 5.75 Å². The van der Waals surface area contributed by atoms with E-state index in [0.29, 0.717) is 5.92 Å². The van der Waals surface area contributed by atoms with Crippen LogP contribution in [-0.4, -0.2) is 30.0 Å². The first-order valence-corrected chi connectivity index (χ1v) is 7.71. The van der Waals surface area contributed by atoms with E-state index in [9.17, 15) is 4.79 Å². The predicted molar refractivity (Wildman–Crippen MR) is 84.1 cm³/mol. The van der Waals surface area contributed by atoms with E-state index in [1.54, 1.807) is 7.11 Å². The summed E-state index contributed by atoms with van der Waals surface area (Å²) < 4.78 is 5.20. The molecule has 1 N–H and O–H groups in total. The van der Waals surface area contributed by atoms with E-state index in [1.807, 2.05) is 36.1 Å². The van der Waals surface area contributed by atoms with Crippen LogP contribution < -0.4 is 10.1 Å². The van der Waals surface area contributed by atoms with Gasteiger partial charge in [0.25, 0.3) is 0 Å². The lowest BCUT2D eigenvalue weighted by atomic mass is 9.98. The number of methoxy groups -OCH3 is 1. The number of rotatable bonds is 5. The second-order valence-electron chi connectivity index (χ2n) is 5.94. The topological polar surface area (TPSA) is 41.6 Å². The number of ether oxygens (including phenoxy) is 1. The average molecular weight is 290 g/mol. The van der Waals surface area contributed by atoms with Gasteiger partial charge in [-0.2, -0.15) is 0 Å². The molecule has 1 aliphatic heterocycles. The van der Waals surface area contributed by atoms with Crippen molar-refractivity contribution in [3.63, 3.8) is 0 Å². The smallest absolute Gasteiger partial charge is 0.241 e. The highest BCUT2D eigenvalue weighted by Crippen LogP contribution is 2.31. The summed E-state index contributed by atoms with van der Waals surface area (Å²) in [6, 6.07) is 8.01. The number of nitrogens with one attached hydrogen (secondary N) is 1. The van der Waals surface area contributed by atoms with E-state index >= 15 is 0 Å². The van der Waals surface area contributed by atoms with Crippen molar-refractivity contribution >= 4 is 5.91 Å². The van der Waals surface area contributed by atoms with Crippen LogP contribution in [0.3, 0.4) is 0 Å². The molecule has 1 amide bonds. The molecular weight excluding hydrogens is 264 g/mol. The van der Waals surface area contributed by atoms with Gasteiger partial charge in [0.2, 0.25) is 5.91 Å². The van der Waals surface area contributed by atoms with Crippen molar-refractivity contribution in [3.05, 3.63) is 29.8 Å². The van der Waals surface area contributed by atoms with Crippen LogP contribution >= 0.6 is 0 Å². The fourth-order valence-electron chi connectivity index (χ4n) is 2.83. The molecule has 1 aromatic rings. The van der Waals surface area contributed by atoms with E-state index in [2.05, 4.69) is 26.1 Å². The zero-order valence-electron chi connectivity index (χ0n) is 13.6. The van der Waals surface area contributed by atoms with Gasteiger partial charge >= 0.3 is 0 Å². The van der Waals surface area contributed by atoms with Crippen molar-refractivity contribution in [2.24, 2.45) is 5.92 Å². The van der Waals surface area contributed by atoms with Crippen LogP contribution in [0.25, 0.3) is 0 Å². The number of carbonyl (C=O) groups is 1. The lowest BCUT2D eigenvalue weighted by Gasteiger charge is -2.34. The number of hydrogen-bond donors (Lipinski definition) is 1. The van der Waals surface area contributed by atoms with Crippen molar-refractivity contribution < 1.29 is 9.53 Å². The van der Waals surface area contributed by atoms with Crippen LogP contribution in [0.1, 0.15) is 45.8 Å². The minimum atomic E-state index is -0.136. The number of benzene rings is 1. The Morgan fingerprint density at radius 3 is 2.43 bits per heavy atom. The SMILES string of the molecule is CCC(C)C(C)N1C(=O)C(C)NC1c1ccc(OC)cc1. The molecule has 1 saturated heterocycles. The molecule has 1 aliphatic rings. The lowest BCUT2D eigenvalue weighted by molar-refractivity contribution is -0.132. The van der Waals surface area contributed by atoms with Gasteiger partial charge in [-0.15, -0.1) is 0 Å². The monoisotopic (exact) mass is 290 g/mol. The molecule has 0 aliphatic carbocycles. The molecule has 1 aromatic carbocycles. The molecule has 1 heterocycles.